The van der Waals surface area contributed by atoms with E-state index in [4.69, 9.17) is 17.3 Å². The number of fused-ring (bicyclic) bond motifs is 1. The normalized spacial score (nSPS) is 11.0. The number of hydrogen-bond acceptors (Lipinski definition) is 3. The lowest BCUT2D eigenvalue weighted by Gasteiger charge is -2.04. The number of benzene rings is 1. The maximum Gasteiger partial charge on any atom is 0.220 e. The van der Waals surface area contributed by atoms with Crippen LogP contribution in [0.4, 0.5) is 5.95 Å². The predicted molar refractivity (Wildman–Crippen MR) is 73.5 cm³/mol. The molecule has 0 spiro atoms. The van der Waals surface area contributed by atoms with Gasteiger partial charge in [-0.3, -0.25) is 0 Å². The molecule has 2 aromatic heterocycles. The molecule has 0 unspecified atom stereocenters. The number of aryl methyl sites for hydroxylation is 1. The Bertz CT molecular complexity index is 733. The first-order chi connectivity index (χ1) is 8.65. The summed E-state index contributed by atoms with van der Waals surface area (Å²) in [5, 5.41) is 1.73. The van der Waals surface area contributed by atoms with Crippen LogP contribution >= 0.6 is 11.6 Å². The third kappa shape index (κ3) is 1.71. The van der Waals surface area contributed by atoms with Gasteiger partial charge in [0.1, 0.15) is 0 Å². The van der Waals surface area contributed by atoms with Gasteiger partial charge in [-0.1, -0.05) is 11.6 Å². The van der Waals surface area contributed by atoms with Gasteiger partial charge in [0.2, 0.25) is 5.95 Å². The van der Waals surface area contributed by atoms with Crippen LogP contribution in [0, 0.1) is 6.92 Å². The summed E-state index contributed by atoms with van der Waals surface area (Å²) in [6, 6.07) is 5.72. The molecule has 2 heterocycles. The van der Waals surface area contributed by atoms with E-state index in [1.807, 2.05) is 31.3 Å². The van der Waals surface area contributed by atoms with E-state index < -0.39 is 0 Å². The Kier molecular flexibility index (Phi) is 2.45. The molecule has 3 rings (SSSR count). The topological polar surface area (TPSA) is 67.6 Å². The third-order valence-corrected chi connectivity index (χ3v) is 3.12. The Morgan fingerprint density at radius 1 is 1.33 bits per heavy atom. The lowest BCUT2D eigenvalue weighted by molar-refractivity contribution is 1.15. The largest absolute Gasteiger partial charge is 0.368 e. The molecule has 3 aromatic rings. The number of rotatable bonds is 1. The average molecular weight is 259 g/mol. The molecule has 0 amide bonds. The lowest BCUT2D eigenvalue weighted by Crippen LogP contribution is -1.97. The minimum atomic E-state index is 0.270. The lowest BCUT2D eigenvalue weighted by atomic mass is 10.1. The zero-order valence-corrected chi connectivity index (χ0v) is 10.5. The van der Waals surface area contributed by atoms with Gasteiger partial charge in [-0.2, -0.15) is 0 Å². The van der Waals surface area contributed by atoms with Gasteiger partial charge < -0.3 is 10.7 Å². The van der Waals surface area contributed by atoms with E-state index in [1.54, 1.807) is 6.20 Å². The van der Waals surface area contributed by atoms with Crippen LogP contribution in [-0.4, -0.2) is 15.0 Å². The molecule has 0 radical (unpaired) electrons. The van der Waals surface area contributed by atoms with E-state index in [9.17, 15) is 0 Å². The van der Waals surface area contributed by atoms with Gasteiger partial charge in [0, 0.05) is 33.9 Å². The number of nitrogens with zero attached hydrogens (tertiary/aromatic N) is 2. The molecule has 0 saturated heterocycles. The summed E-state index contributed by atoms with van der Waals surface area (Å²) in [4.78, 5) is 11.5. The molecule has 5 heteroatoms. The van der Waals surface area contributed by atoms with Crippen LogP contribution in [0.15, 0.2) is 30.6 Å². The van der Waals surface area contributed by atoms with E-state index in [2.05, 4.69) is 15.0 Å². The Labute approximate surface area is 109 Å². The van der Waals surface area contributed by atoms with Crippen molar-refractivity contribution in [1.29, 1.82) is 0 Å². The quantitative estimate of drug-likeness (QED) is 0.704. The van der Waals surface area contributed by atoms with Crippen LogP contribution < -0.4 is 5.73 Å². The summed E-state index contributed by atoms with van der Waals surface area (Å²) in [5.74, 6) is 0.270. The number of aromatic nitrogens is 3. The number of hydrogen-bond donors (Lipinski definition) is 2. The molecular formula is C13H11ClN4. The summed E-state index contributed by atoms with van der Waals surface area (Å²) in [5.41, 5.74) is 9.46. The van der Waals surface area contributed by atoms with Crippen molar-refractivity contribution in [3.63, 3.8) is 0 Å². The second kappa shape index (κ2) is 3.99. The molecule has 0 aliphatic rings. The number of anilines is 1. The highest BCUT2D eigenvalue weighted by molar-refractivity contribution is 6.31. The smallest absolute Gasteiger partial charge is 0.220 e. The predicted octanol–water partition coefficient (Wildman–Crippen LogP) is 3.17. The minimum absolute atomic E-state index is 0.270. The van der Waals surface area contributed by atoms with Gasteiger partial charge in [-0.25, -0.2) is 9.97 Å². The molecule has 3 N–H and O–H groups in total. The number of nitrogens with two attached hydrogens (primary N) is 1. The third-order valence-electron chi connectivity index (χ3n) is 2.89. The summed E-state index contributed by atoms with van der Waals surface area (Å²) in [6.45, 7) is 1.96. The molecule has 4 nitrogen and oxygen atoms in total. The van der Waals surface area contributed by atoms with Crippen molar-refractivity contribution in [1.82, 2.24) is 15.0 Å². The van der Waals surface area contributed by atoms with Crippen molar-refractivity contribution in [3.8, 4) is 11.3 Å². The number of H-pyrrole nitrogens is 1. The van der Waals surface area contributed by atoms with E-state index in [-0.39, 0.29) is 5.95 Å². The number of nitrogen functional groups attached to an aromatic ring is 1. The molecule has 0 aliphatic carbocycles. The first-order valence-corrected chi connectivity index (χ1v) is 5.89. The minimum Gasteiger partial charge on any atom is -0.368 e. The molecule has 90 valence electrons. The van der Waals surface area contributed by atoms with Crippen molar-refractivity contribution in [2.45, 2.75) is 6.92 Å². The van der Waals surface area contributed by atoms with Crippen LogP contribution in [-0.2, 0) is 0 Å². The number of aromatic amines is 1. The molecule has 0 bridgehead atoms. The Morgan fingerprint density at radius 2 is 2.17 bits per heavy atom. The summed E-state index contributed by atoms with van der Waals surface area (Å²) >= 11 is 6.03. The van der Waals surface area contributed by atoms with Crippen LogP contribution in [0.2, 0.25) is 5.02 Å². The molecule has 0 fully saturated rings. The van der Waals surface area contributed by atoms with Gasteiger partial charge in [0.05, 0.1) is 5.69 Å². The van der Waals surface area contributed by atoms with Gasteiger partial charge >= 0.3 is 0 Å². The Morgan fingerprint density at radius 3 is 3.00 bits per heavy atom. The fraction of sp³-hybridized carbons (Fsp3) is 0.0769. The molecule has 0 atom stereocenters. The zero-order valence-electron chi connectivity index (χ0n) is 9.74. The second-order valence-corrected chi connectivity index (χ2v) is 4.59. The molecule has 0 saturated carbocycles. The van der Waals surface area contributed by atoms with Crippen LogP contribution in [0.3, 0.4) is 0 Å². The first-order valence-electron chi connectivity index (χ1n) is 5.51. The highest BCUT2D eigenvalue weighted by atomic mass is 35.5. The summed E-state index contributed by atoms with van der Waals surface area (Å²) in [7, 11) is 0. The Hall–Kier alpha value is -2.07. The average Bonchev–Trinajstić information content (AvgIpc) is 2.75. The maximum atomic E-state index is 6.03. The standard InChI is InChI=1S/C13H11ClN4/c1-7-5-17-13(15)18-12(7)10-6-16-11-3-2-8(14)4-9(10)11/h2-6,16H,1H3,(H2,15,17,18). The maximum absolute atomic E-state index is 6.03. The fourth-order valence-corrected chi connectivity index (χ4v) is 2.19. The van der Waals surface area contributed by atoms with Gasteiger partial charge in [0.25, 0.3) is 0 Å². The molecule has 1 aromatic carbocycles. The van der Waals surface area contributed by atoms with E-state index in [0.29, 0.717) is 5.02 Å². The van der Waals surface area contributed by atoms with Crippen LogP contribution in [0.1, 0.15) is 5.56 Å². The van der Waals surface area contributed by atoms with Crippen molar-refractivity contribution in [2.75, 3.05) is 5.73 Å². The molecular weight excluding hydrogens is 248 g/mol. The SMILES string of the molecule is Cc1cnc(N)nc1-c1c[nH]c2ccc(Cl)cc12. The van der Waals surface area contributed by atoms with Crippen molar-refractivity contribution in [3.05, 3.63) is 41.2 Å². The van der Waals surface area contributed by atoms with Crippen molar-refractivity contribution < 1.29 is 0 Å². The number of halogens is 1. The number of nitrogens with one attached hydrogen (secondary N) is 1. The monoisotopic (exact) mass is 258 g/mol. The van der Waals surface area contributed by atoms with Gasteiger partial charge in [-0.05, 0) is 30.7 Å². The Balaban J connectivity index is 2.31. The molecule has 0 aliphatic heterocycles. The molecule has 18 heavy (non-hydrogen) atoms. The van der Waals surface area contributed by atoms with Gasteiger partial charge in [0.15, 0.2) is 0 Å². The first kappa shape index (κ1) is 11.0. The zero-order chi connectivity index (χ0) is 12.7. The highest BCUT2D eigenvalue weighted by Gasteiger charge is 2.11. The van der Waals surface area contributed by atoms with E-state index in [0.717, 1.165) is 27.7 Å². The summed E-state index contributed by atoms with van der Waals surface area (Å²) in [6.07, 6.45) is 3.64. The fourth-order valence-electron chi connectivity index (χ4n) is 2.02. The van der Waals surface area contributed by atoms with Crippen LogP contribution in [0.25, 0.3) is 22.2 Å². The second-order valence-electron chi connectivity index (χ2n) is 4.15. The van der Waals surface area contributed by atoms with Crippen LogP contribution in [0.5, 0.6) is 0 Å². The van der Waals surface area contributed by atoms with Crippen molar-refractivity contribution >= 4 is 28.5 Å². The van der Waals surface area contributed by atoms with E-state index in [1.165, 1.54) is 0 Å². The van der Waals surface area contributed by atoms with Gasteiger partial charge in [-0.15, -0.1) is 0 Å². The van der Waals surface area contributed by atoms with Crippen molar-refractivity contribution in [2.24, 2.45) is 0 Å². The highest BCUT2D eigenvalue weighted by Crippen LogP contribution is 2.31. The summed E-state index contributed by atoms with van der Waals surface area (Å²) < 4.78 is 0. The van der Waals surface area contributed by atoms with E-state index >= 15 is 0 Å².